The van der Waals surface area contributed by atoms with Gasteiger partial charge in [-0.15, -0.1) is 0 Å². The van der Waals surface area contributed by atoms with E-state index in [9.17, 15) is 0 Å². The second-order valence-corrected chi connectivity index (χ2v) is 5.33. The van der Waals surface area contributed by atoms with Gasteiger partial charge in [-0.3, -0.25) is 4.99 Å². The Hall–Kier alpha value is -1.16. The number of guanidine groups is 1. The molecule has 0 fully saturated rings. The minimum Gasteiger partial charge on any atom is -0.370 e. The zero-order valence-corrected chi connectivity index (χ0v) is 11.2. The van der Waals surface area contributed by atoms with Crippen molar-refractivity contribution in [3.63, 3.8) is 0 Å². The average molecular weight is 249 g/mol. The van der Waals surface area contributed by atoms with Crippen LogP contribution in [0.15, 0.2) is 29.3 Å². The van der Waals surface area contributed by atoms with Gasteiger partial charge in [0.25, 0.3) is 0 Å². The molecule has 0 radical (unpaired) electrons. The van der Waals surface area contributed by atoms with E-state index in [0.29, 0.717) is 12.0 Å². The molecular weight excluding hydrogens is 230 g/mol. The Bertz CT molecular complexity index is 417. The number of nitrogens with zero attached hydrogens (tertiary/aromatic N) is 2. The normalized spacial score (nSPS) is 19.5. The second kappa shape index (κ2) is 5.45. The van der Waals surface area contributed by atoms with Crippen LogP contribution in [0.4, 0.5) is 5.69 Å². The van der Waals surface area contributed by atoms with Crippen molar-refractivity contribution in [1.29, 1.82) is 0 Å². The lowest BCUT2D eigenvalue weighted by Crippen LogP contribution is -2.41. The predicted octanol–water partition coefficient (Wildman–Crippen LogP) is 2.25. The molecule has 1 aromatic carbocycles. The average Bonchev–Trinajstić information content (AvgIpc) is 2.68. The molecule has 1 aromatic rings. The van der Waals surface area contributed by atoms with Crippen LogP contribution >= 0.6 is 11.8 Å². The van der Waals surface area contributed by atoms with Gasteiger partial charge in [0.1, 0.15) is 0 Å². The van der Waals surface area contributed by atoms with E-state index >= 15 is 0 Å². The van der Waals surface area contributed by atoms with Crippen LogP contribution in [0.25, 0.3) is 0 Å². The van der Waals surface area contributed by atoms with Gasteiger partial charge in [-0.05, 0) is 43.0 Å². The minimum atomic E-state index is 0.421. The Morgan fingerprint density at radius 2 is 2.35 bits per heavy atom. The highest BCUT2D eigenvalue weighted by atomic mass is 32.2. The van der Waals surface area contributed by atoms with E-state index in [-0.39, 0.29) is 0 Å². The van der Waals surface area contributed by atoms with E-state index in [1.54, 1.807) is 0 Å². The molecule has 1 unspecified atom stereocenters. The number of benzene rings is 1. The molecule has 0 saturated heterocycles. The third-order valence-corrected chi connectivity index (χ3v) is 3.65. The van der Waals surface area contributed by atoms with Crippen LogP contribution in [0, 0.1) is 6.92 Å². The van der Waals surface area contributed by atoms with Crippen LogP contribution in [-0.2, 0) is 0 Å². The SMILES string of the molecule is CSCCC1CN=C(N)N1c1cccc(C)c1. The molecule has 0 bridgehead atoms. The molecule has 0 amide bonds. The quantitative estimate of drug-likeness (QED) is 0.890. The smallest absolute Gasteiger partial charge is 0.196 e. The summed E-state index contributed by atoms with van der Waals surface area (Å²) < 4.78 is 0. The number of hydrogen-bond acceptors (Lipinski definition) is 4. The Balaban J connectivity index is 2.18. The molecule has 1 heterocycles. The third kappa shape index (κ3) is 2.75. The molecule has 92 valence electrons. The monoisotopic (exact) mass is 249 g/mol. The largest absolute Gasteiger partial charge is 0.370 e. The number of aryl methyl sites for hydroxylation is 1. The highest BCUT2D eigenvalue weighted by Crippen LogP contribution is 2.24. The van der Waals surface area contributed by atoms with Gasteiger partial charge in [-0.1, -0.05) is 12.1 Å². The van der Waals surface area contributed by atoms with Crippen LogP contribution < -0.4 is 10.6 Å². The molecule has 2 rings (SSSR count). The van der Waals surface area contributed by atoms with Gasteiger partial charge in [0.05, 0.1) is 12.6 Å². The first kappa shape index (κ1) is 12.3. The number of hydrogen-bond donors (Lipinski definition) is 1. The lowest BCUT2D eigenvalue weighted by molar-refractivity contribution is 0.690. The van der Waals surface area contributed by atoms with Crippen molar-refractivity contribution < 1.29 is 0 Å². The predicted molar refractivity (Wildman–Crippen MR) is 76.9 cm³/mol. The minimum absolute atomic E-state index is 0.421. The van der Waals surface area contributed by atoms with Gasteiger partial charge in [-0.2, -0.15) is 11.8 Å². The molecule has 17 heavy (non-hydrogen) atoms. The Morgan fingerprint density at radius 1 is 1.53 bits per heavy atom. The Morgan fingerprint density at radius 3 is 3.06 bits per heavy atom. The van der Waals surface area contributed by atoms with Gasteiger partial charge >= 0.3 is 0 Å². The van der Waals surface area contributed by atoms with Gasteiger partial charge < -0.3 is 10.6 Å². The fourth-order valence-corrected chi connectivity index (χ4v) is 2.65. The summed E-state index contributed by atoms with van der Waals surface area (Å²) in [6.45, 7) is 2.92. The van der Waals surface area contributed by atoms with Gasteiger partial charge in [0, 0.05) is 5.69 Å². The van der Waals surface area contributed by atoms with Crippen molar-refractivity contribution >= 4 is 23.4 Å². The molecule has 0 saturated carbocycles. The van der Waals surface area contributed by atoms with E-state index in [4.69, 9.17) is 5.73 Å². The van der Waals surface area contributed by atoms with Crippen molar-refractivity contribution in [1.82, 2.24) is 0 Å². The zero-order chi connectivity index (χ0) is 12.3. The number of aliphatic imine (C=N–C) groups is 1. The van der Waals surface area contributed by atoms with Crippen LogP contribution in [0.1, 0.15) is 12.0 Å². The highest BCUT2D eigenvalue weighted by Gasteiger charge is 2.26. The first-order chi connectivity index (χ1) is 8.22. The summed E-state index contributed by atoms with van der Waals surface area (Å²) in [5, 5.41) is 0. The molecule has 1 aliphatic heterocycles. The maximum atomic E-state index is 5.99. The highest BCUT2D eigenvalue weighted by molar-refractivity contribution is 7.98. The van der Waals surface area contributed by atoms with Gasteiger partial charge in [-0.25, -0.2) is 0 Å². The van der Waals surface area contributed by atoms with Gasteiger partial charge in [0.2, 0.25) is 0 Å². The lowest BCUT2D eigenvalue weighted by atomic mass is 10.1. The molecule has 1 aliphatic rings. The van der Waals surface area contributed by atoms with Crippen molar-refractivity contribution in [3.8, 4) is 0 Å². The second-order valence-electron chi connectivity index (χ2n) is 4.34. The topological polar surface area (TPSA) is 41.6 Å². The van der Waals surface area contributed by atoms with Crippen molar-refractivity contribution in [2.24, 2.45) is 10.7 Å². The molecule has 0 aliphatic carbocycles. The van der Waals surface area contributed by atoms with E-state index in [1.165, 1.54) is 5.56 Å². The molecular formula is C13H19N3S. The summed E-state index contributed by atoms with van der Waals surface area (Å²) >= 11 is 1.87. The lowest BCUT2D eigenvalue weighted by Gasteiger charge is -2.26. The van der Waals surface area contributed by atoms with E-state index in [1.807, 2.05) is 11.8 Å². The molecule has 4 heteroatoms. The van der Waals surface area contributed by atoms with Gasteiger partial charge in [0.15, 0.2) is 5.96 Å². The maximum absolute atomic E-state index is 5.99. The fraction of sp³-hybridized carbons (Fsp3) is 0.462. The summed E-state index contributed by atoms with van der Waals surface area (Å²) in [6.07, 6.45) is 3.26. The van der Waals surface area contributed by atoms with E-state index in [0.717, 1.165) is 24.4 Å². The molecule has 0 spiro atoms. The van der Waals surface area contributed by atoms with E-state index < -0.39 is 0 Å². The summed E-state index contributed by atoms with van der Waals surface area (Å²) in [5.74, 6) is 1.80. The standard InChI is InChI=1S/C13H19N3S/c1-10-4-3-5-11(8-10)16-12(6-7-17-2)9-15-13(16)14/h3-5,8,12H,6-7,9H2,1-2H3,(H2,14,15). The van der Waals surface area contributed by atoms with Crippen molar-refractivity contribution in [2.75, 3.05) is 23.5 Å². The first-order valence-electron chi connectivity index (χ1n) is 5.87. The van der Waals surface area contributed by atoms with Crippen LogP contribution in [-0.4, -0.2) is 30.6 Å². The first-order valence-corrected chi connectivity index (χ1v) is 7.26. The summed E-state index contributed by atoms with van der Waals surface area (Å²) in [4.78, 5) is 6.54. The number of nitrogens with two attached hydrogens (primary N) is 1. The fourth-order valence-electron chi connectivity index (χ4n) is 2.14. The van der Waals surface area contributed by atoms with E-state index in [2.05, 4.69) is 47.3 Å². The third-order valence-electron chi connectivity index (χ3n) is 3.01. The van der Waals surface area contributed by atoms with Crippen LogP contribution in [0.3, 0.4) is 0 Å². The summed E-state index contributed by atoms with van der Waals surface area (Å²) in [5.41, 5.74) is 8.41. The number of anilines is 1. The summed E-state index contributed by atoms with van der Waals surface area (Å²) in [7, 11) is 0. The number of rotatable bonds is 4. The van der Waals surface area contributed by atoms with Crippen molar-refractivity contribution in [2.45, 2.75) is 19.4 Å². The van der Waals surface area contributed by atoms with Crippen molar-refractivity contribution in [3.05, 3.63) is 29.8 Å². The molecule has 1 atom stereocenters. The maximum Gasteiger partial charge on any atom is 0.196 e. The zero-order valence-electron chi connectivity index (χ0n) is 10.4. The summed E-state index contributed by atoms with van der Waals surface area (Å²) in [6, 6.07) is 8.86. The molecule has 0 aromatic heterocycles. The molecule has 2 N–H and O–H groups in total. The Labute approximate surface area is 107 Å². The molecule has 3 nitrogen and oxygen atoms in total. The number of thioether (sulfide) groups is 1. The Kier molecular flexibility index (Phi) is 3.94. The van der Waals surface area contributed by atoms with Crippen LogP contribution in [0.5, 0.6) is 0 Å². The van der Waals surface area contributed by atoms with Crippen LogP contribution in [0.2, 0.25) is 0 Å².